The van der Waals surface area contributed by atoms with E-state index in [1.807, 2.05) is 0 Å². The van der Waals surface area contributed by atoms with E-state index in [9.17, 15) is 27.9 Å². The number of amides is 1. The average Bonchev–Trinajstić information content (AvgIpc) is 2.89. The number of carboxylic acid groups (broad SMARTS) is 1. The number of alkyl halides is 3. The number of carbonyl (C=O) groups excluding carboxylic acids is 2. The van der Waals surface area contributed by atoms with Gasteiger partial charge in [0.05, 0.1) is 19.2 Å². The lowest BCUT2D eigenvalue weighted by Gasteiger charge is -2.24. The Kier molecular flexibility index (Phi) is 5.26. The monoisotopic (exact) mass is 410 g/mol. The molecule has 1 aliphatic rings. The van der Waals surface area contributed by atoms with Gasteiger partial charge in [0.15, 0.2) is 0 Å². The van der Waals surface area contributed by atoms with E-state index in [-0.39, 0.29) is 23.2 Å². The van der Waals surface area contributed by atoms with Crippen LogP contribution in [0.15, 0.2) is 22.7 Å². The fourth-order valence-electron chi connectivity index (χ4n) is 2.44. The molecule has 1 fully saturated rings. The van der Waals surface area contributed by atoms with Gasteiger partial charge in [-0.15, -0.1) is 0 Å². The Morgan fingerprint density at radius 2 is 2.04 bits per heavy atom. The minimum absolute atomic E-state index is 0.0132. The van der Waals surface area contributed by atoms with Gasteiger partial charge >= 0.3 is 12.1 Å². The van der Waals surface area contributed by atoms with E-state index in [0.717, 1.165) is 30.2 Å². The summed E-state index contributed by atoms with van der Waals surface area (Å²) in [7, 11) is 1.12. The first-order valence-electron chi connectivity index (χ1n) is 6.72. The molecule has 0 saturated carbocycles. The number of rotatable bonds is 3. The molecule has 24 heavy (non-hydrogen) atoms. The summed E-state index contributed by atoms with van der Waals surface area (Å²) in [4.78, 5) is 23.4. The van der Waals surface area contributed by atoms with Gasteiger partial charge in [0.2, 0.25) is 0 Å². The van der Waals surface area contributed by atoms with Gasteiger partial charge in [-0.05, 0) is 18.2 Å². The topological polar surface area (TPSA) is 78.9 Å². The number of nitrogens with zero attached hydrogens (tertiary/aromatic N) is 1. The van der Waals surface area contributed by atoms with Gasteiger partial charge in [0.1, 0.15) is 24.0 Å². The molecule has 2 atom stereocenters. The molecular formula is C14H12BrF3NO5-. The number of carbonyl (C=O) groups is 2. The highest BCUT2D eigenvalue weighted by molar-refractivity contribution is 9.10. The van der Waals surface area contributed by atoms with Crippen LogP contribution in [0.2, 0.25) is 0 Å². The fourth-order valence-corrected chi connectivity index (χ4v) is 3.02. The number of halogens is 4. The Balaban J connectivity index is 2.13. The zero-order valence-electron chi connectivity index (χ0n) is 12.3. The lowest BCUT2D eigenvalue weighted by molar-refractivity contribution is -0.266. The summed E-state index contributed by atoms with van der Waals surface area (Å²) < 4.78 is 47.9. The van der Waals surface area contributed by atoms with Crippen molar-refractivity contribution in [1.29, 1.82) is 0 Å². The first-order chi connectivity index (χ1) is 11.1. The van der Waals surface area contributed by atoms with Crippen LogP contribution in [-0.4, -0.2) is 42.8 Å². The average molecular weight is 411 g/mol. The van der Waals surface area contributed by atoms with Gasteiger partial charge in [-0.1, -0.05) is 15.9 Å². The van der Waals surface area contributed by atoms with Crippen LogP contribution in [0.3, 0.4) is 0 Å². The largest absolute Gasteiger partial charge is 0.530 e. The highest BCUT2D eigenvalue weighted by Crippen LogP contribution is 2.37. The third kappa shape index (κ3) is 3.92. The lowest BCUT2D eigenvalue weighted by atomic mass is 10.2. The van der Waals surface area contributed by atoms with Crippen LogP contribution in [0.5, 0.6) is 5.75 Å². The Hall–Kier alpha value is -1.97. The molecular weight excluding hydrogens is 399 g/mol. The van der Waals surface area contributed by atoms with Crippen molar-refractivity contribution in [2.24, 2.45) is 0 Å². The molecule has 0 spiro atoms. The highest BCUT2D eigenvalue weighted by Gasteiger charge is 2.39. The molecule has 10 heteroatoms. The van der Waals surface area contributed by atoms with E-state index in [4.69, 9.17) is 4.74 Å². The van der Waals surface area contributed by atoms with Crippen LogP contribution in [0.25, 0.3) is 0 Å². The van der Waals surface area contributed by atoms with Gasteiger partial charge in [-0.25, -0.2) is 4.79 Å². The molecule has 0 bridgehead atoms. The van der Waals surface area contributed by atoms with Crippen molar-refractivity contribution < 1.29 is 37.3 Å². The number of ether oxygens (including phenoxy) is 2. The molecule has 0 radical (unpaired) electrons. The Morgan fingerprint density at radius 3 is 2.54 bits per heavy atom. The van der Waals surface area contributed by atoms with Crippen LogP contribution in [0.4, 0.5) is 18.0 Å². The Labute approximate surface area is 143 Å². The summed E-state index contributed by atoms with van der Waals surface area (Å²) in [5, 5.41) is 11.1. The Bertz CT molecular complexity index is 652. The zero-order chi connectivity index (χ0) is 18.1. The first kappa shape index (κ1) is 18.4. The smallest absolute Gasteiger partial charge is 0.417 e. The summed E-state index contributed by atoms with van der Waals surface area (Å²) in [6, 6.07) is 2.05. The second-order valence-electron chi connectivity index (χ2n) is 5.07. The molecule has 0 unspecified atom stereocenters. The van der Waals surface area contributed by atoms with Crippen LogP contribution in [0.1, 0.15) is 12.0 Å². The Morgan fingerprint density at radius 1 is 1.38 bits per heavy atom. The zero-order valence-corrected chi connectivity index (χ0v) is 13.9. The first-order valence-corrected chi connectivity index (χ1v) is 7.51. The predicted molar refractivity (Wildman–Crippen MR) is 76.1 cm³/mol. The normalized spacial score (nSPS) is 20.8. The van der Waals surface area contributed by atoms with Crippen molar-refractivity contribution in [3.05, 3.63) is 28.2 Å². The third-order valence-electron chi connectivity index (χ3n) is 3.52. The fraction of sp³-hybridized carbons (Fsp3) is 0.429. The number of hydrogen-bond acceptors (Lipinski definition) is 5. The minimum Gasteiger partial charge on any atom is -0.530 e. The summed E-state index contributed by atoms with van der Waals surface area (Å²) in [5.41, 5.74) is -0.856. The van der Waals surface area contributed by atoms with Crippen molar-refractivity contribution in [1.82, 2.24) is 4.90 Å². The standard InChI is InChI=1S/C14H13BrF3NO5/c1-23-12(20)11-5-8(6-19(11)13(21)22)24-7-2-3-9(10(15)4-7)14(16,17)18/h2-4,8,11H,5-6H2,1H3,(H,21,22)/p-1/t8-,11-/m0/s1. The number of esters is 1. The van der Waals surface area contributed by atoms with E-state index in [0.29, 0.717) is 0 Å². The van der Waals surface area contributed by atoms with Crippen molar-refractivity contribution in [3.8, 4) is 5.75 Å². The number of methoxy groups -OCH3 is 1. The van der Waals surface area contributed by atoms with Crippen LogP contribution < -0.4 is 9.84 Å². The highest BCUT2D eigenvalue weighted by atomic mass is 79.9. The molecule has 1 aromatic rings. The summed E-state index contributed by atoms with van der Waals surface area (Å²) in [5.74, 6) is -0.636. The molecule has 1 heterocycles. The summed E-state index contributed by atoms with van der Waals surface area (Å²) in [6.07, 6.45) is -6.76. The summed E-state index contributed by atoms with van der Waals surface area (Å²) >= 11 is 2.83. The second-order valence-corrected chi connectivity index (χ2v) is 5.93. The number of hydrogen-bond donors (Lipinski definition) is 0. The number of benzene rings is 1. The van der Waals surface area contributed by atoms with E-state index in [1.54, 1.807) is 0 Å². The minimum atomic E-state index is -4.51. The van der Waals surface area contributed by atoms with E-state index in [1.165, 1.54) is 0 Å². The van der Waals surface area contributed by atoms with E-state index < -0.39 is 35.9 Å². The van der Waals surface area contributed by atoms with Crippen molar-refractivity contribution in [3.63, 3.8) is 0 Å². The maximum Gasteiger partial charge on any atom is 0.417 e. The van der Waals surface area contributed by atoms with Gasteiger partial charge in [-0.2, -0.15) is 13.2 Å². The molecule has 1 aliphatic heterocycles. The van der Waals surface area contributed by atoms with E-state index >= 15 is 0 Å². The van der Waals surface area contributed by atoms with Crippen LogP contribution >= 0.6 is 15.9 Å². The van der Waals surface area contributed by atoms with Gasteiger partial charge in [0, 0.05) is 10.9 Å². The molecule has 0 N–H and O–H groups in total. The molecule has 1 amide bonds. The van der Waals surface area contributed by atoms with Crippen molar-refractivity contribution in [2.75, 3.05) is 13.7 Å². The van der Waals surface area contributed by atoms with Crippen LogP contribution in [-0.2, 0) is 15.7 Å². The van der Waals surface area contributed by atoms with Gasteiger partial charge in [-0.3, -0.25) is 0 Å². The van der Waals surface area contributed by atoms with E-state index in [2.05, 4.69) is 20.7 Å². The molecule has 0 aromatic heterocycles. The lowest BCUT2D eigenvalue weighted by Crippen LogP contribution is -2.47. The molecule has 2 rings (SSSR count). The SMILES string of the molecule is COC(=O)[C@@H]1C[C@H](Oc2ccc(C(F)(F)F)c(Br)c2)CN1C(=O)[O-]. The molecule has 1 aromatic carbocycles. The molecule has 132 valence electrons. The van der Waals surface area contributed by atoms with Crippen molar-refractivity contribution >= 4 is 28.0 Å². The quantitative estimate of drug-likeness (QED) is 0.710. The molecule has 0 aliphatic carbocycles. The molecule has 6 nitrogen and oxygen atoms in total. The molecule has 1 saturated heterocycles. The van der Waals surface area contributed by atoms with Gasteiger partial charge < -0.3 is 24.3 Å². The maximum absolute atomic E-state index is 12.7. The van der Waals surface area contributed by atoms with Crippen molar-refractivity contribution in [2.45, 2.75) is 24.7 Å². The maximum atomic E-state index is 12.7. The third-order valence-corrected chi connectivity index (χ3v) is 4.18. The summed E-state index contributed by atoms with van der Waals surface area (Å²) in [6.45, 7) is -0.152. The second kappa shape index (κ2) is 6.88. The predicted octanol–water partition coefficient (Wildman–Crippen LogP) is 1.81. The number of likely N-dealkylation sites (tertiary alicyclic amines) is 1. The van der Waals surface area contributed by atoms with Gasteiger partial charge in [0.25, 0.3) is 0 Å². The van der Waals surface area contributed by atoms with Crippen LogP contribution in [0, 0.1) is 0 Å².